The number of anilines is 2. The second-order valence-corrected chi connectivity index (χ2v) is 6.07. The van der Waals surface area contributed by atoms with Gasteiger partial charge in [-0.2, -0.15) is 0 Å². The normalized spacial score (nSPS) is 13.9. The van der Waals surface area contributed by atoms with Crippen LogP contribution in [0.2, 0.25) is 0 Å². The van der Waals surface area contributed by atoms with Gasteiger partial charge < -0.3 is 11.1 Å². The number of nitrogens with one attached hydrogen (secondary N) is 1. The minimum Gasteiger partial charge on any atom is -0.396 e. The maximum Gasteiger partial charge on any atom is 0.257 e. The Morgan fingerprint density at radius 3 is 2.75 bits per heavy atom. The number of nitrogens with zero attached hydrogens (tertiary/aromatic N) is 1. The molecule has 0 atom stereocenters. The number of hydrogen-bond acceptors (Lipinski definition) is 3. The summed E-state index contributed by atoms with van der Waals surface area (Å²) in [6.45, 7) is 0. The summed E-state index contributed by atoms with van der Waals surface area (Å²) in [4.78, 5) is 16.8. The first kappa shape index (κ1) is 14.6. The molecule has 1 fully saturated rings. The lowest BCUT2D eigenvalue weighted by Gasteiger charge is -2.13. The topological polar surface area (TPSA) is 68.0 Å². The summed E-state index contributed by atoms with van der Waals surface area (Å²) >= 11 is 0. The molecule has 4 nitrogen and oxygen atoms in total. The number of fused-ring (bicyclic) bond motifs is 1. The fourth-order valence-electron chi connectivity index (χ4n) is 2.98. The number of halogens is 1. The molecule has 0 radical (unpaired) electrons. The van der Waals surface area contributed by atoms with Crippen LogP contribution in [0.5, 0.6) is 0 Å². The van der Waals surface area contributed by atoms with Crippen molar-refractivity contribution in [1.82, 2.24) is 4.98 Å². The van der Waals surface area contributed by atoms with E-state index in [4.69, 9.17) is 5.73 Å². The molecule has 5 heteroatoms. The van der Waals surface area contributed by atoms with Crippen LogP contribution in [0.3, 0.4) is 0 Å². The Labute approximate surface area is 138 Å². The zero-order valence-corrected chi connectivity index (χ0v) is 12.9. The first-order chi connectivity index (χ1) is 11.6. The van der Waals surface area contributed by atoms with Gasteiger partial charge in [-0.15, -0.1) is 0 Å². The number of carbonyl (C=O) groups excluding carboxylic acids is 1. The van der Waals surface area contributed by atoms with Gasteiger partial charge in [-0.3, -0.25) is 9.78 Å². The van der Waals surface area contributed by atoms with E-state index in [0.29, 0.717) is 16.8 Å². The third-order valence-electron chi connectivity index (χ3n) is 4.36. The number of benzene rings is 2. The second kappa shape index (κ2) is 5.60. The standard InChI is InChI=1S/C19H16FN3O/c20-18-15(21)7-8-16(17(18)11-5-6-11)23-19(24)14-10-22-9-12-3-1-2-4-13(12)14/h1-4,7-11H,5-6,21H2,(H,23,24). The van der Waals surface area contributed by atoms with Gasteiger partial charge in [0.05, 0.1) is 11.3 Å². The third-order valence-corrected chi connectivity index (χ3v) is 4.36. The molecule has 0 spiro atoms. The Morgan fingerprint density at radius 2 is 1.96 bits per heavy atom. The lowest BCUT2D eigenvalue weighted by Crippen LogP contribution is -2.15. The van der Waals surface area contributed by atoms with E-state index in [1.807, 2.05) is 24.3 Å². The van der Waals surface area contributed by atoms with Gasteiger partial charge in [0.25, 0.3) is 5.91 Å². The Hall–Kier alpha value is -2.95. The van der Waals surface area contributed by atoms with E-state index in [1.165, 1.54) is 12.3 Å². The van der Waals surface area contributed by atoms with Crippen LogP contribution in [0.4, 0.5) is 15.8 Å². The van der Waals surface area contributed by atoms with Crippen molar-refractivity contribution in [3.63, 3.8) is 0 Å². The smallest absolute Gasteiger partial charge is 0.257 e. The number of nitrogen functional groups attached to an aromatic ring is 1. The Kier molecular flexibility index (Phi) is 3.41. The predicted octanol–water partition coefficient (Wildman–Crippen LogP) is 4.09. The first-order valence-corrected chi connectivity index (χ1v) is 7.87. The molecule has 0 unspecified atom stereocenters. The van der Waals surface area contributed by atoms with Gasteiger partial charge in [-0.25, -0.2) is 4.39 Å². The van der Waals surface area contributed by atoms with Crippen LogP contribution in [-0.2, 0) is 0 Å². The van der Waals surface area contributed by atoms with Crippen molar-refractivity contribution in [3.8, 4) is 0 Å². The molecule has 120 valence electrons. The van der Waals surface area contributed by atoms with Crippen LogP contribution in [0.25, 0.3) is 10.8 Å². The molecule has 1 aliphatic rings. The molecule has 3 aromatic rings. The maximum atomic E-state index is 14.4. The lowest BCUT2D eigenvalue weighted by atomic mass is 10.0. The molecule has 0 aliphatic heterocycles. The van der Waals surface area contributed by atoms with Gasteiger partial charge in [0.15, 0.2) is 5.82 Å². The minimum atomic E-state index is -0.425. The largest absolute Gasteiger partial charge is 0.396 e. The third kappa shape index (κ3) is 2.48. The highest BCUT2D eigenvalue weighted by Gasteiger charge is 2.30. The van der Waals surface area contributed by atoms with Gasteiger partial charge in [0.1, 0.15) is 0 Å². The van der Waals surface area contributed by atoms with E-state index in [9.17, 15) is 9.18 Å². The highest BCUT2D eigenvalue weighted by Crippen LogP contribution is 2.46. The van der Waals surface area contributed by atoms with Gasteiger partial charge in [-0.1, -0.05) is 24.3 Å². The van der Waals surface area contributed by atoms with Crippen LogP contribution in [0.15, 0.2) is 48.8 Å². The highest BCUT2D eigenvalue weighted by molar-refractivity contribution is 6.12. The van der Waals surface area contributed by atoms with E-state index in [2.05, 4.69) is 10.3 Å². The molecule has 1 aliphatic carbocycles. The van der Waals surface area contributed by atoms with Crippen molar-refractivity contribution >= 4 is 28.1 Å². The van der Waals surface area contributed by atoms with Crippen molar-refractivity contribution in [2.45, 2.75) is 18.8 Å². The van der Waals surface area contributed by atoms with Crippen molar-refractivity contribution in [3.05, 3.63) is 65.7 Å². The van der Waals surface area contributed by atoms with E-state index in [0.717, 1.165) is 23.6 Å². The lowest BCUT2D eigenvalue weighted by molar-refractivity contribution is 0.102. The van der Waals surface area contributed by atoms with Crippen LogP contribution in [-0.4, -0.2) is 10.9 Å². The molecule has 0 saturated heterocycles. The van der Waals surface area contributed by atoms with Gasteiger partial charge in [0.2, 0.25) is 0 Å². The number of carbonyl (C=O) groups is 1. The Balaban J connectivity index is 1.73. The van der Waals surface area contributed by atoms with Crippen LogP contribution in [0, 0.1) is 5.82 Å². The minimum absolute atomic E-state index is 0.113. The number of rotatable bonds is 3. The quantitative estimate of drug-likeness (QED) is 0.714. The first-order valence-electron chi connectivity index (χ1n) is 7.87. The number of nitrogens with two attached hydrogens (primary N) is 1. The summed E-state index contributed by atoms with van der Waals surface area (Å²) in [6, 6.07) is 10.7. The van der Waals surface area contributed by atoms with E-state index in [1.54, 1.807) is 12.3 Å². The van der Waals surface area contributed by atoms with Gasteiger partial charge >= 0.3 is 0 Å². The number of amides is 1. The number of hydrogen-bond donors (Lipinski definition) is 2. The average Bonchev–Trinajstić information content (AvgIpc) is 3.42. The summed E-state index contributed by atoms with van der Waals surface area (Å²) in [5.74, 6) is -0.592. The van der Waals surface area contributed by atoms with Crippen LogP contribution in [0.1, 0.15) is 34.7 Å². The molecular formula is C19H16FN3O. The van der Waals surface area contributed by atoms with Gasteiger partial charge in [0, 0.05) is 29.0 Å². The van der Waals surface area contributed by atoms with Crippen molar-refractivity contribution in [2.24, 2.45) is 0 Å². The summed E-state index contributed by atoms with van der Waals surface area (Å²) < 4.78 is 14.4. The zero-order valence-electron chi connectivity index (χ0n) is 12.9. The molecule has 1 saturated carbocycles. The average molecular weight is 321 g/mol. The highest BCUT2D eigenvalue weighted by atomic mass is 19.1. The van der Waals surface area contributed by atoms with E-state index in [-0.39, 0.29) is 17.5 Å². The van der Waals surface area contributed by atoms with Crippen molar-refractivity contribution in [1.29, 1.82) is 0 Å². The summed E-state index contributed by atoms with van der Waals surface area (Å²) in [5.41, 5.74) is 7.25. The molecule has 1 heterocycles. The number of aromatic nitrogens is 1. The second-order valence-electron chi connectivity index (χ2n) is 6.07. The number of pyridine rings is 1. The van der Waals surface area contributed by atoms with E-state index < -0.39 is 5.82 Å². The van der Waals surface area contributed by atoms with Crippen molar-refractivity contribution in [2.75, 3.05) is 11.1 Å². The molecule has 24 heavy (non-hydrogen) atoms. The molecule has 4 rings (SSSR count). The predicted molar refractivity (Wildman–Crippen MR) is 92.5 cm³/mol. The molecule has 3 N–H and O–H groups in total. The molecule has 0 bridgehead atoms. The van der Waals surface area contributed by atoms with Crippen LogP contribution >= 0.6 is 0 Å². The fraction of sp³-hybridized carbons (Fsp3) is 0.158. The summed E-state index contributed by atoms with van der Waals surface area (Å²) in [6.07, 6.45) is 5.07. The fourth-order valence-corrected chi connectivity index (χ4v) is 2.98. The van der Waals surface area contributed by atoms with Crippen molar-refractivity contribution < 1.29 is 9.18 Å². The maximum absolute atomic E-state index is 14.4. The SMILES string of the molecule is Nc1ccc(NC(=O)c2cncc3ccccc23)c(C2CC2)c1F. The van der Waals surface area contributed by atoms with E-state index >= 15 is 0 Å². The summed E-state index contributed by atoms with van der Waals surface area (Å²) in [5, 5.41) is 4.53. The monoisotopic (exact) mass is 321 g/mol. The molecular weight excluding hydrogens is 305 g/mol. The van der Waals surface area contributed by atoms with Gasteiger partial charge in [-0.05, 0) is 36.3 Å². The molecule has 2 aromatic carbocycles. The Bertz CT molecular complexity index is 945. The zero-order chi connectivity index (χ0) is 16.7. The molecule has 1 aromatic heterocycles. The molecule has 1 amide bonds. The summed E-state index contributed by atoms with van der Waals surface area (Å²) in [7, 11) is 0. The van der Waals surface area contributed by atoms with Crippen LogP contribution < -0.4 is 11.1 Å². The Morgan fingerprint density at radius 1 is 1.17 bits per heavy atom.